The van der Waals surface area contributed by atoms with Crippen molar-refractivity contribution in [3.05, 3.63) is 35.4 Å². The third-order valence-corrected chi connectivity index (χ3v) is 7.47. The highest BCUT2D eigenvalue weighted by molar-refractivity contribution is 5.78. The number of fused-ring (bicyclic) bond motifs is 2. The summed E-state index contributed by atoms with van der Waals surface area (Å²) in [5.41, 5.74) is 2.87. The van der Waals surface area contributed by atoms with Gasteiger partial charge in [0, 0.05) is 52.8 Å². The number of piperazine rings is 1. The van der Waals surface area contributed by atoms with E-state index in [-0.39, 0.29) is 17.9 Å². The zero-order valence-electron chi connectivity index (χ0n) is 20.7. The van der Waals surface area contributed by atoms with Crippen molar-refractivity contribution in [1.29, 1.82) is 0 Å². The molecule has 2 saturated heterocycles. The molecule has 11 heteroatoms. The quantitative estimate of drug-likeness (QED) is 0.666. The van der Waals surface area contributed by atoms with Crippen LogP contribution in [0.4, 0.5) is 13.2 Å². The number of alkyl halides is 3. The van der Waals surface area contributed by atoms with E-state index in [0.717, 1.165) is 58.5 Å². The van der Waals surface area contributed by atoms with Gasteiger partial charge in [0.1, 0.15) is 6.61 Å². The van der Waals surface area contributed by atoms with Crippen LogP contribution < -0.4 is 0 Å². The predicted octanol–water partition coefficient (Wildman–Crippen LogP) is 2.48. The highest BCUT2D eigenvalue weighted by atomic mass is 19.4. The van der Waals surface area contributed by atoms with Crippen LogP contribution in [0.2, 0.25) is 0 Å². The Morgan fingerprint density at radius 2 is 1.56 bits per heavy atom. The fraction of sp³-hybridized carbons (Fsp3) is 0.640. The summed E-state index contributed by atoms with van der Waals surface area (Å²) in [5, 5.41) is 7.12. The average molecular weight is 514 g/mol. The highest BCUT2D eigenvalue weighted by Gasteiger charge is 2.46. The van der Waals surface area contributed by atoms with E-state index in [9.17, 15) is 22.8 Å². The molecule has 2 aliphatic heterocycles. The number of benzene rings is 1. The number of halogens is 3. The lowest BCUT2D eigenvalue weighted by molar-refractivity contribution is -0.192. The number of ether oxygens (including phenoxy) is 1. The molecule has 2 fully saturated rings. The molecule has 2 amide bonds. The van der Waals surface area contributed by atoms with Crippen molar-refractivity contribution in [2.75, 3.05) is 60.0 Å². The summed E-state index contributed by atoms with van der Waals surface area (Å²) in [6, 6.07) is 8.69. The number of likely N-dealkylation sites (tertiary alicyclic amines) is 1. The first-order valence-corrected chi connectivity index (χ1v) is 12.1. The lowest BCUT2D eigenvalue weighted by Gasteiger charge is -2.40. The Morgan fingerprint density at radius 1 is 1.00 bits per heavy atom. The molecule has 1 spiro atoms. The van der Waals surface area contributed by atoms with Gasteiger partial charge in [-0.25, -0.2) is 4.79 Å². The van der Waals surface area contributed by atoms with Gasteiger partial charge in [0.15, 0.2) is 0 Å². The van der Waals surface area contributed by atoms with Gasteiger partial charge >= 0.3 is 12.1 Å². The lowest BCUT2D eigenvalue weighted by atomic mass is 9.73. The summed E-state index contributed by atoms with van der Waals surface area (Å²) in [4.78, 5) is 40.3. The van der Waals surface area contributed by atoms with E-state index in [1.165, 1.54) is 11.1 Å². The predicted molar refractivity (Wildman–Crippen MR) is 126 cm³/mol. The summed E-state index contributed by atoms with van der Waals surface area (Å²) < 4.78 is 36.8. The fourth-order valence-corrected chi connectivity index (χ4v) is 5.48. The summed E-state index contributed by atoms with van der Waals surface area (Å²) in [6.07, 6.45) is -1.51. The Morgan fingerprint density at radius 3 is 2.11 bits per heavy atom. The second-order valence-corrected chi connectivity index (χ2v) is 9.77. The van der Waals surface area contributed by atoms with E-state index >= 15 is 0 Å². The first-order valence-electron chi connectivity index (χ1n) is 12.1. The van der Waals surface area contributed by atoms with Crippen molar-refractivity contribution in [1.82, 2.24) is 14.7 Å². The number of hydrogen-bond donors (Lipinski definition) is 1. The minimum atomic E-state index is -5.08. The van der Waals surface area contributed by atoms with Crippen LogP contribution >= 0.6 is 0 Å². The molecule has 8 nitrogen and oxygen atoms in total. The number of carboxylic acids is 1. The number of aliphatic carboxylic acids is 1. The van der Waals surface area contributed by atoms with Crippen molar-refractivity contribution in [2.24, 2.45) is 0 Å². The first kappa shape index (κ1) is 27.9. The molecule has 4 rings (SSSR count). The minimum Gasteiger partial charge on any atom is -0.475 e. The number of nitrogens with zero attached hydrogens (tertiary/aromatic N) is 3. The van der Waals surface area contributed by atoms with Crippen molar-refractivity contribution >= 4 is 17.8 Å². The van der Waals surface area contributed by atoms with Gasteiger partial charge < -0.3 is 24.5 Å². The van der Waals surface area contributed by atoms with Gasteiger partial charge in [0.05, 0.1) is 0 Å². The Kier molecular flexibility index (Phi) is 8.99. The molecule has 1 N–H and O–H groups in total. The summed E-state index contributed by atoms with van der Waals surface area (Å²) >= 11 is 0. The number of amides is 2. The molecule has 3 aliphatic rings. The zero-order chi connectivity index (χ0) is 26.5. The molecule has 2 heterocycles. The maximum absolute atomic E-state index is 13.0. The second kappa shape index (κ2) is 11.6. The Bertz CT molecular complexity index is 939. The molecule has 200 valence electrons. The molecule has 1 aromatic rings. The van der Waals surface area contributed by atoms with Crippen LogP contribution in [0.1, 0.15) is 42.7 Å². The summed E-state index contributed by atoms with van der Waals surface area (Å²) in [5.74, 6) is -2.09. The van der Waals surface area contributed by atoms with Crippen LogP contribution in [0.15, 0.2) is 24.3 Å². The van der Waals surface area contributed by atoms with Crippen LogP contribution in [0.25, 0.3) is 0 Å². The molecule has 1 aliphatic carbocycles. The molecule has 1 aromatic carbocycles. The normalized spacial score (nSPS) is 21.5. The smallest absolute Gasteiger partial charge is 0.475 e. The van der Waals surface area contributed by atoms with Gasteiger partial charge in [-0.3, -0.25) is 9.59 Å². The lowest BCUT2D eigenvalue weighted by Crippen LogP contribution is -2.47. The Hall–Kier alpha value is -2.66. The van der Waals surface area contributed by atoms with E-state index in [2.05, 4.69) is 36.2 Å². The van der Waals surface area contributed by atoms with Crippen LogP contribution in [0.5, 0.6) is 0 Å². The largest absolute Gasteiger partial charge is 0.490 e. The number of methoxy groups -OCH3 is 1. The maximum Gasteiger partial charge on any atom is 0.490 e. The topological polar surface area (TPSA) is 90.4 Å². The van der Waals surface area contributed by atoms with Gasteiger partial charge in [-0.1, -0.05) is 24.3 Å². The number of carbonyl (C=O) groups excluding carboxylic acids is 2. The van der Waals surface area contributed by atoms with E-state index < -0.39 is 12.1 Å². The van der Waals surface area contributed by atoms with Crippen LogP contribution in [0.3, 0.4) is 0 Å². The van der Waals surface area contributed by atoms with Crippen LogP contribution in [-0.2, 0) is 24.5 Å². The van der Waals surface area contributed by atoms with Crippen molar-refractivity contribution in [3.63, 3.8) is 0 Å². The molecule has 36 heavy (non-hydrogen) atoms. The van der Waals surface area contributed by atoms with Gasteiger partial charge in [-0.15, -0.1) is 0 Å². The van der Waals surface area contributed by atoms with Crippen molar-refractivity contribution in [2.45, 2.75) is 43.2 Å². The van der Waals surface area contributed by atoms with E-state index in [1.807, 2.05) is 9.80 Å². The molecule has 1 unspecified atom stereocenters. The molecule has 1 atom stereocenters. The van der Waals surface area contributed by atoms with Gasteiger partial charge in [0.2, 0.25) is 11.8 Å². The van der Waals surface area contributed by atoms with E-state index in [0.29, 0.717) is 18.2 Å². The maximum atomic E-state index is 13.0. The van der Waals surface area contributed by atoms with Crippen LogP contribution in [-0.4, -0.2) is 104 Å². The number of carboxylic acid groups (broad SMARTS) is 1. The van der Waals surface area contributed by atoms with Crippen LogP contribution in [0, 0.1) is 0 Å². The number of piperidine rings is 1. The zero-order valence-corrected chi connectivity index (χ0v) is 20.7. The van der Waals surface area contributed by atoms with Gasteiger partial charge in [0.25, 0.3) is 0 Å². The van der Waals surface area contributed by atoms with E-state index in [1.54, 1.807) is 7.11 Å². The third kappa shape index (κ3) is 6.56. The van der Waals surface area contributed by atoms with E-state index in [4.69, 9.17) is 14.6 Å². The molecule has 0 saturated carbocycles. The molecular formula is C25H34F3N3O5. The molecule has 0 aromatic heterocycles. The monoisotopic (exact) mass is 513 g/mol. The molecule has 0 bridgehead atoms. The Labute approximate surface area is 209 Å². The average Bonchev–Trinajstić information content (AvgIpc) is 3.12. The highest BCUT2D eigenvalue weighted by Crippen LogP contribution is 2.52. The Balaban J connectivity index is 0.000000454. The molecule has 0 radical (unpaired) electrons. The number of carbonyl (C=O) groups is 3. The van der Waals surface area contributed by atoms with Crippen molar-refractivity contribution in [3.8, 4) is 0 Å². The minimum absolute atomic E-state index is 0.0791. The third-order valence-electron chi connectivity index (χ3n) is 7.47. The standard InChI is InChI=1S/C23H33N3O3.C2HF3O2/c1-24-11-13-26(14-12-24)21(27)15-18-16-23(20-6-4-3-5-19(18)20)7-9-25(10-8-23)22(28)17-29-2;3-2(4,5)1(6)7/h3-6,18H,7-17H2,1-2H3;(H,6,7). The number of likely N-dealkylation sites (N-methyl/N-ethyl adjacent to an activating group) is 1. The number of rotatable bonds is 4. The van der Waals surface area contributed by atoms with Gasteiger partial charge in [-0.2, -0.15) is 13.2 Å². The molecular weight excluding hydrogens is 479 g/mol. The van der Waals surface area contributed by atoms with Gasteiger partial charge in [-0.05, 0) is 48.8 Å². The van der Waals surface area contributed by atoms with Crippen molar-refractivity contribution < 1.29 is 37.4 Å². The summed E-state index contributed by atoms with van der Waals surface area (Å²) in [6.45, 7) is 5.30. The number of hydrogen-bond acceptors (Lipinski definition) is 5. The second-order valence-electron chi connectivity index (χ2n) is 9.77. The SMILES string of the molecule is COCC(=O)N1CCC2(CC1)CC(CC(=O)N1CCN(C)CC1)c1ccccc12.O=C(O)C(F)(F)F. The fourth-order valence-electron chi connectivity index (χ4n) is 5.48. The first-order chi connectivity index (χ1) is 17.0. The summed E-state index contributed by atoms with van der Waals surface area (Å²) in [7, 11) is 3.68.